The molecule has 1 unspecified atom stereocenters. The second kappa shape index (κ2) is 4.23. The molecule has 2 aliphatic carbocycles. The number of halogens is 1. The van der Waals surface area contributed by atoms with E-state index in [1.807, 2.05) is 0 Å². The van der Waals surface area contributed by atoms with E-state index >= 15 is 0 Å². The summed E-state index contributed by atoms with van der Waals surface area (Å²) >= 11 is 3.67. The van der Waals surface area contributed by atoms with Crippen molar-refractivity contribution < 1.29 is 0 Å². The van der Waals surface area contributed by atoms with Crippen molar-refractivity contribution in [1.29, 1.82) is 0 Å². The van der Waals surface area contributed by atoms with E-state index in [-0.39, 0.29) is 0 Å². The van der Waals surface area contributed by atoms with Gasteiger partial charge in [0.25, 0.3) is 0 Å². The van der Waals surface area contributed by atoms with E-state index in [0.717, 1.165) is 0 Å². The molecule has 0 aromatic rings. The molecule has 0 saturated carbocycles. The van der Waals surface area contributed by atoms with Crippen LogP contribution in [-0.2, 0) is 0 Å². The number of rotatable bonds is 1. The minimum Gasteiger partial charge on any atom is -0.377 e. The van der Waals surface area contributed by atoms with Crippen LogP contribution in [0.25, 0.3) is 0 Å². The second-order valence-corrected chi connectivity index (χ2v) is 4.81. The maximum atomic E-state index is 3.67. The van der Waals surface area contributed by atoms with Crippen molar-refractivity contribution in [2.45, 2.75) is 4.83 Å². The summed E-state index contributed by atoms with van der Waals surface area (Å²) in [6.07, 6.45) is 14.9. The quantitative estimate of drug-likeness (QED) is 0.657. The number of hydrogen-bond acceptors (Lipinski definition) is 1. The van der Waals surface area contributed by atoms with Crippen LogP contribution in [0.15, 0.2) is 59.4 Å². The van der Waals surface area contributed by atoms with Gasteiger partial charge in [-0.3, -0.25) is 0 Å². The first-order valence-corrected chi connectivity index (χ1v) is 5.91. The maximum absolute atomic E-state index is 3.67. The summed E-state index contributed by atoms with van der Waals surface area (Å²) < 4.78 is 0. The fourth-order valence-electron chi connectivity index (χ4n) is 1.80. The number of nitrogens with zero attached hydrogens (tertiary/aromatic N) is 1. The highest BCUT2D eigenvalue weighted by atomic mass is 79.9. The standard InChI is InChI=1S/C13H14BrN/c1-15(2)13-9-5-7-11(13)10-6-3-4-8-12(10)14/h3-9,12H,1-2H3. The van der Waals surface area contributed by atoms with Crippen LogP contribution in [0.1, 0.15) is 0 Å². The summed E-state index contributed by atoms with van der Waals surface area (Å²) in [7, 11) is 4.15. The molecule has 2 rings (SSSR count). The van der Waals surface area contributed by atoms with E-state index in [4.69, 9.17) is 0 Å². The molecule has 0 aromatic carbocycles. The lowest BCUT2D eigenvalue weighted by atomic mass is 10.00. The summed E-state index contributed by atoms with van der Waals surface area (Å²) in [6.45, 7) is 0. The molecule has 0 radical (unpaired) electrons. The maximum Gasteiger partial charge on any atom is 0.0584 e. The largest absolute Gasteiger partial charge is 0.377 e. The predicted octanol–water partition coefficient (Wildman–Crippen LogP) is 3.19. The Morgan fingerprint density at radius 3 is 2.60 bits per heavy atom. The van der Waals surface area contributed by atoms with Gasteiger partial charge in [-0.25, -0.2) is 0 Å². The van der Waals surface area contributed by atoms with Gasteiger partial charge in [-0.15, -0.1) is 0 Å². The molecule has 0 aliphatic heterocycles. The summed E-state index contributed by atoms with van der Waals surface area (Å²) in [5, 5.41) is 0. The minimum atomic E-state index is 0.323. The van der Waals surface area contributed by atoms with Crippen molar-refractivity contribution in [3.05, 3.63) is 59.4 Å². The van der Waals surface area contributed by atoms with E-state index < -0.39 is 0 Å². The lowest BCUT2D eigenvalue weighted by Gasteiger charge is -2.20. The molecule has 1 nitrogen and oxygen atoms in total. The number of allylic oxidation sites excluding steroid dienone is 8. The van der Waals surface area contributed by atoms with Crippen LogP contribution in [0.2, 0.25) is 0 Å². The van der Waals surface area contributed by atoms with E-state index in [1.54, 1.807) is 0 Å². The molecule has 0 spiro atoms. The lowest BCUT2D eigenvalue weighted by molar-refractivity contribution is 0.525. The molecule has 2 aliphatic rings. The fourth-order valence-corrected chi connectivity index (χ4v) is 2.38. The van der Waals surface area contributed by atoms with Crippen LogP contribution >= 0.6 is 15.9 Å². The van der Waals surface area contributed by atoms with Crippen molar-refractivity contribution in [1.82, 2.24) is 4.90 Å². The van der Waals surface area contributed by atoms with Crippen LogP contribution < -0.4 is 0 Å². The predicted molar refractivity (Wildman–Crippen MR) is 68.9 cm³/mol. The first-order valence-electron chi connectivity index (χ1n) is 4.99. The average molecular weight is 264 g/mol. The van der Waals surface area contributed by atoms with Crippen LogP contribution in [0.3, 0.4) is 0 Å². The van der Waals surface area contributed by atoms with Crippen molar-refractivity contribution in [2.75, 3.05) is 14.1 Å². The Morgan fingerprint density at radius 2 is 1.93 bits per heavy atom. The summed E-state index contributed by atoms with van der Waals surface area (Å²) in [6, 6.07) is 0. The third kappa shape index (κ3) is 2.00. The molecule has 0 fully saturated rings. The van der Waals surface area contributed by atoms with Crippen molar-refractivity contribution in [2.24, 2.45) is 0 Å². The molecule has 0 saturated heterocycles. The van der Waals surface area contributed by atoms with Gasteiger partial charge >= 0.3 is 0 Å². The van der Waals surface area contributed by atoms with E-state index in [2.05, 4.69) is 77.5 Å². The molecule has 2 heteroatoms. The SMILES string of the molecule is CN(C)C1=CC=CC1=C1C=CC=CC1Br. The first-order chi connectivity index (χ1) is 7.20. The normalized spacial score (nSPS) is 28.5. The van der Waals surface area contributed by atoms with Crippen molar-refractivity contribution in [3.63, 3.8) is 0 Å². The highest BCUT2D eigenvalue weighted by Gasteiger charge is 2.17. The molecule has 0 heterocycles. The van der Waals surface area contributed by atoms with Gasteiger partial charge in [0.1, 0.15) is 0 Å². The molecule has 0 bridgehead atoms. The summed E-state index contributed by atoms with van der Waals surface area (Å²) in [4.78, 5) is 2.47. The molecule has 0 aromatic heterocycles. The highest BCUT2D eigenvalue weighted by molar-refractivity contribution is 9.09. The fraction of sp³-hybridized carbons (Fsp3) is 0.231. The van der Waals surface area contributed by atoms with Gasteiger partial charge in [-0.2, -0.15) is 0 Å². The lowest BCUT2D eigenvalue weighted by Crippen LogP contribution is -2.14. The van der Waals surface area contributed by atoms with Crippen LogP contribution in [0.4, 0.5) is 0 Å². The van der Waals surface area contributed by atoms with Crippen molar-refractivity contribution in [3.8, 4) is 0 Å². The van der Waals surface area contributed by atoms with E-state index in [9.17, 15) is 0 Å². The van der Waals surface area contributed by atoms with Gasteiger partial charge in [-0.1, -0.05) is 52.4 Å². The molecule has 78 valence electrons. The van der Waals surface area contributed by atoms with E-state index in [0.29, 0.717) is 4.83 Å². The number of likely N-dealkylation sites (N-methyl/N-ethyl adjacent to an activating group) is 1. The molecule has 15 heavy (non-hydrogen) atoms. The summed E-state index contributed by atoms with van der Waals surface area (Å²) in [5.74, 6) is 0. The van der Waals surface area contributed by atoms with Gasteiger partial charge in [0.2, 0.25) is 0 Å². The van der Waals surface area contributed by atoms with Gasteiger partial charge in [0, 0.05) is 25.4 Å². The molecule has 1 atom stereocenters. The smallest absolute Gasteiger partial charge is 0.0584 e. The molecule has 0 N–H and O–H groups in total. The second-order valence-electron chi connectivity index (χ2n) is 3.82. The minimum absolute atomic E-state index is 0.323. The van der Waals surface area contributed by atoms with Crippen LogP contribution in [0, 0.1) is 0 Å². The monoisotopic (exact) mass is 263 g/mol. The Hall–Kier alpha value is -1.02. The van der Waals surface area contributed by atoms with Crippen LogP contribution in [-0.4, -0.2) is 23.8 Å². The molecular weight excluding hydrogens is 250 g/mol. The van der Waals surface area contributed by atoms with Crippen molar-refractivity contribution >= 4 is 15.9 Å². The first kappa shape index (κ1) is 10.5. The number of alkyl halides is 1. The van der Waals surface area contributed by atoms with Gasteiger partial charge in [-0.05, 0) is 11.6 Å². The highest BCUT2D eigenvalue weighted by Crippen LogP contribution is 2.30. The third-order valence-corrected chi connectivity index (χ3v) is 3.35. The zero-order valence-electron chi connectivity index (χ0n) is 8.94. The average Bonchev–Trinajstić information content (AvgIpc) is 2.67. The Kier molecular flexibility index (Phi) is 2.96. The zero-order chi connectivity index (χ0) is 10.8. The van der Waals surface area contributed by atoms with Gasteiger partial charge in [0.15, 0.2) is 0 Å². The van der Waals surface area contributed by atoms with Gasteiger partial charge < -0.3 is 4.90 Å². The third-order valence-electron chi connectivity index (χ3n) is 2.55. The number of hydrogen-bond donors (Lipinski definition) is 0. The van der Waals surface area contributed by atoms with E-state index in [1.165, 1.54) is 16.8 Å². The Bertz CT molecular complexity index is 408. The van der Waals surface area contributed by atoms with Crippen LogP contribution in [0.5, 0.6) is 0 Å². The Morgan fingerprint density at radius 1 is 1.13 bits per heavy atom. The summed E-state index contributed by atoms with van der Waals surface area (Å²) in [5.41, 5.74) is 3.91. The molecule has 0 amide bonds. The molecular formula is C13H14BrN. The zero-order valence-corrected chi connectivity index (χ0v) is 10.5. The Balaban J connectivity index is 2.41. The Labute approximate surface area is 99.3 Å². The van der Waals surface area contributed by atoms with Gasteiger partial charge in [0.05, 0.1) is 4.83 Å². The topological polar surface area (TPSA) is 3.24 Å².